The van der Waals surface area contributed by atoms with Crippen molar-refractivity contribution in [3.05, 3.63) is 64.7 Å². The quantitative estimate of drug-likeness (QED) is 0.531. The van der Waals surface area contributed by atoms with Gasteiger partial charge in [-0.15, -0.1) is 0 Å². The molecule has 132 valence electrons. The molecule has 0 aromatic heterocycles. The summed E-state index contributed by atoms with van der Waals surface area (Å²) in [6, 6.07) is 13.4. The Hall–Kier alpha value is -2.33. The van der Waals surface area contributed by atoms with Gasteiger partial charge in [0.2, 0.25) is 0 Å². The smallest absolute Gasteiger partial charge is 0.347 e. The van der Waals surface area contributed by atoms with Crippen LogP contribution in [0, 0.1) is 0 Å². The molecule has 2 rings (SSSR count). The molecule has 0 N–H and O–H groups in total. The minimum atomic E-state index is -0.666. The van der Waals surface area contributed by atoms with Gasteiger partial charge in [0.25, 0.3) is 0 Å². The van der Waals surface area contributed by atoms with Gasteiger partial charge in [-0.3, -0.25) is 4.79 Å². The number of carbonyl (C=O) groups is 2. The number of hydrogen-bond acceptors (Lipinski definition) is 4. The SMILES string of the molecule is CCC(Oc1ccc(C(=O)c2ccc(Cl)cc2)cc1)C(=O)OC(C)C. The van der Waals surface area contributed by atoms with Crippen LogP contribution in [0.25, 0.3) is 0 Å². The van der Waals surface area contributed by atoms with Gasteiger partial charge < -0.3 is 9.47 Å². The molecule has 5 heteroatoms. The number of halogens is 1. The summed E-state index contributed by atoms with van der Waals surface area (Å²) >= 11 is 5.84. The van der Waals surface area contributed by atoms with Crippen molar-refractivity contribution in [3.63, 3.8) is 0 Å². The van der Waals surface area contributed by atoms with E-state index in [2.05, 4.69) is 0 Å². The molecule has 0 saturated heterocycles. The molecule has 0 bridgehead atoms. The summed E-state index contributed by atoms with van der Waals surface area (Å²) in [5.41, 5.74) is 1.09. The normalized spacial score (nSPS) is 11.9. The standard InChI is InChI=1S/C20H21ClO4/c1-4-18(20(23)24-13(2)3)25-17-11-7-15(8-12-17)19(22)14-5-9-16(21)10-6-14/h5-13,18H,4H2,1-3H3. The van der Waals surface area contributed by atoms with Crippen molar-refractivity contribution in [2.75, 3.05) is 0 Å². The lowest BCUT2D eigenvalue weighted by Gasteiger charge is -2.18. The van der Waals surface area contributed by atoms with Crippen LogP contribution in [-0.4, -0.2) is 24.0 Å². The Morgan fingerprint density at radius 2 is 1.48 bits per heavy atom. The van der Waals surface area contributed by atoms with Crippen LogP contribution in [0.3, 0.4) is 0 Å². The lowest BCUT2D eigenvalue weighted by molar-refractivity contribution is -0.155. The van der Waals surface area contributed by atoms with Gasteiger partial charge in [-0.1, -0.05) is 18.5 Å². The molecular weight excluding hydrogens is 340 g/mol. The molecule has 1 atom stereocenters. The molecule has 2 aromatic carbocycles. The van der Waals surface area contributed by atoms with Gasteiger partial charge in [0, 0.05) is 16.1 Å². The van der Waals surface area contributed by atoms with Crippen molar-refractivity contribution in [2.24, 2.45) is 0 Å². The van der Waals surface area contributed by atoms with Crippen molar-refractivity contribution in [2.45, 2.75) is 39.4 Å². The number of benzene rings is 2. The fraction of sp³-hybridized carbons (Fsp3) is 0.300. The van der Waals surface area contributed by atoms with Crippen LogP contribution in [0.5, 0.6) is 5.75 Å². The third-order valence-corrected chi connectivity index (χ3v) is 3.74. The summed E-state index contributed by atoms with van der Waals surface area (Å²) in [7, 11) is 0. The molecule has 2 aromatic rings. The Kier molecular flexibility index (Phi) is 6.59. The van der Waals surface area contributed by atoms with Crippen molar-refractivity contribution < 1.29 is 19.1 Å². The number of esters is 1. The molecule has 0 aliphatic rings. The fourth-order valence-corrected chi connectivity index (χ4v) is 2.35. The molecule has 4 nitrogen and oxygen atoms in total. The zero-order valence-electron chi connectivity index (χ0n) is 14.5. The van der Waals surface area contributed by atoms with E-state index in [1.54, 1.807) is 62.4 Å². The Labute approximate surface area is 152 Å². The van der Waals surface area contributed by atoms with E-state index >= 15 is 0 Å². The summed E-state index contributed by atoms with van der Waals surface area (Å²) in [5.74, 6) is 0.0218. The van der Waals surface area contributed by atoms with Gasteiger partial charge in [0.15, 0.2) is 11.9 Å². The third kappa shape index (κ3) is 5.33. The van der Waals surface area contributed by atoms with Crippen LogP contribution >= 0.6 is 11.6 Å². The number of hydrogen-bond donors (Lipinski definition) is 0. The number of carbonyl (C=O) groups excluding carboxylic acids is 2. The molecule has 0 aliphatic heterocycles. The van der Waals surface area contributed by atoms with Crippen LogP contribution < -0.4 is 4.74 Å². The van der Waals surface area contributed by atoms with Gasteiger partial charge in [-0.2, -0.15) is 0 Å². The molecule has 0 heterocycles. The molecule has 25 heavy (non-hydrogen) atoms. The summed E-state index contributed by atoms with van der Waals surface area (Å²) in [6.07, 6.45) is -0.360. The Bertz CT molecular complexity index is 720. The van der Waals surface area contributed by atoms with Crippen LogP contribution in [0.4, 0.5) is 0 Å². The first kappa shape index (κ1) is 19.0. The van der Waals surface area contributed by atoms with Crippen molar-refractivity contribution >= 4 is 23.4 Å². The van der Waals surface area contributed by atoms with Crippen molar-refractivity contribution in [3.8, 4) is 5.75 Å². The zero-order chi connectivity index (χ0) is 18.4. The molecule has 0 spiro atoms. The minimum absolute atomic E-state index is 0.102. The average Bonchev–Trinajstić information content (AvgIpc) is 2.59. The molecule has 0 amide bonds. The van der Waals surface area contributed by atoms with E-state index < -0.39 is 6.10 Å². The highest BCUT2D eigenvalue weighted by Crippen LogP contribution is 2.19. The van der Waals surface area contributed by atoms with Crippen molar-refractivity contribution in [1.29, 1.82) is 0 Å². The van der Waals surface area contributed by atoms with Crippen LogP contribution in [0.2, 0.25) is 5.02 Å². The van der Waals surface area contributed by atoms with Gasteiger partial charge in [0.1, 0.15) is 5.75 Å². The molecule has 0 saturated carbocycles. The topological polar surface area (TPSA) is 52.6 Å². The minimum Gasteiger partial charge on any atom is -0.479 e. The second-order valence-electron chi connectivity index (χ2n) is 5.86. The fourth-order valence-electron chi connectivity index (χ4n) is 2.22. The van der Waals surface area contributed by atoms with E-state index in [1.807, 2.05) is 6.92 Å². The number of rotatable bonds is 7. The summed E-state index contributed by atoms with van der Waals surface area (Å²) in [5, 5.41) is 0.583. The molecule has 0 aliphatic carbocycles. The molecule has 0 radical (unpaired) electrons. The van der Waals surface area contributed by atoms with Gasteiger partial charge >= 0.3 is 5.97 Å². The first-order chi connectivity index (χ1) is 11.9. The second kappa shape index (κ2) is 8.67. The van der Waals surface area contributed by atoms with Gasteiger partial charge in [-0.05, 0) is 68.8 Å². The Morgan fingerprint density at radius 3 is 1.96 bits per heavy atom. The lowest BCUT2D eigenvalue weighted by atomic mass is 10.0. The molecule has 1 unspecified atom stereocenters. The van der Waals surface area contributed by atoms with E-state index in [4.69, 9.17) is 21.1 Å². The third-order valence-electron chi connectivity index (χ3n) is 3.49. The highest BCUT2D eigenvalue weighted by Gasteiger charge is 2.21. The summed E-state index contributed by atoms with van der Waals surface area (Å²) < 4.78 is 10.9. The maximum atomic E-state index is 12.4. The maximum Gasteiger partial charge on any atom is 0.347 e. The largest absolute Gasteiger partial charge is 0.479 e. The second-order valence-corrected chi connectivity index (χ2v) is 6.30. The maximum absolute atomic E-state index is 12.4. The van der Waals surface area contributed by atoms with Crippen LogP contribution in [-0.2, 0) is 9.53 Å². The predicted molar refractivity (Wildman–Crippen MR) is 97.3 cm³/mol. The highest BCUT2D eigenvalue weighted by molar-refractivity contribution is 6.30. The monoisotopic (exact) mass is 360 g/mol. The van der Waals surface area contributed by atoms with E-state index in [-0.39, 0.29) is 17.9 Å². The first-order valence-electron chi connectivity index (χ1n) is 8.18. The van der Waals surface area contributed by atoms with Gasteiger partial charge in [-0.25, -0.2) is 4.79 Å². The lowest BCUT2D eigenvalue weighted by Crippen LogP contribution is -2.30. The first-order valence-corrected chi connectivity index (χ1v) is 8.56. The Balaban J connectivity index is 2.07. The zero-order valence-corrected chi connectivity index (χ0v) is 15.2. The number of ether oxygens (including phenoxy) is 2. The van der Waals surface area contributed by atoms with E-state index in [9.17, 15) is 9.59 Å². The summed E-state index contributed by atoms with van der Waals surface area (Å²) in [6.45, 7) is 5.44. The van der Waals surface area contributed by atoms with Gasteiger partial charge in [0.05, 0.1) is 6.10 Å². The van der Waals surface area contributed by atoms with Crippen LogP contribution in [0.15, 0.2) is 48.5 Å². The van der Waals surface area contributed by atoms with Crippen LogP contribution in [0.1, 0.15) is 43.1 Å². The number of ketones is 1. The van der Waals surface area contributed by atoms with E-state index in [0.29, 0.717) is 28.3 Å². The average molecular weight is 361 g/mol. The summed E-state index contributed by atoms with van der Waals surface area (Å²) in [4.78, 5) is 24.4. The highest BCUT2D eigenvalue weighted by atomic mass is 35.5. The van der Waals surface area contributed by atoms with E-state index in [1.165, 1.54) is 0 Å². The predicted octanol–water partition coefficient (Wildman–Crippen LogP) is 4.68. The molecular formula is C20H21ClO4. The van der Waals surface area contributed by atoms with Crippen molar-refractivity contribution in [1.82, 2.24) is 0 Å². The Morgan fingerprint density at radius 1 is 0.960 bits per heavy atom. The van der Waals surface area contributed by atoms with E-state index in [0.717, 1.165) is 0 Å². The molecule has 0 fully saturated rings.